The van der Waals surface area contributed by atoms with Crippen molar-refractivity contribution in [2.75, 3.05) is 19.6 Å². The molecule has 0 saturated heterocycles. The maximum atomic E-state index is 12.6. The fourth-order valence-corrected chi connectivity index (χ4v) is 3.72. The van der Waals surface area contributed by atoms with Crippen LogP contribution in [-0.4, -0.2) is 51.1 Å². The number of unbranched alkanes of at least 4 members (excludes halogenated alkanes) is 1. The molecule has 0 aliphatic carbocycles. The molecule has 0 unspecified atom stereocenters. The van der Waals surface area contributed by atoms with Gasteiger partial charge in [-0.15, -0.1) is 0 Å². The van der Waals surface area contributed by atoms with E-state index in [0.717, 1.165) is 44.6 Å². The van der Waals surface area contributed by atoms with Crippen molar-refractivity contribution in [1.82, 2.24) is 24.8 Å². The molecule has 0 fully saturated rings. The largest absolute Gasteiger partial charge is 0.489 e. The molecule has 2 aromatic heterocycles. The highest BCUT2D eigenvalue weighted by atomic mass is 16.5. The van der Waals surface area contributed by atoms with Crippen LogP contribution >= 0.6 is 0 Å². The van der Waals surface area contributed by atoms with Crippen LogP contribution in [0, 0.1) is 0 Å². The van der Waals surface area contributed by atoms with Crippen molar-refractivity contribution in [3.05, 3.63) is 60.0 Å². The first-order valence-corrected chi connectivity index (χ1v) is 10.3. The minimum absolute atomic E-state index is 0.146. The lowest BCUT2D eigenvalue weighted by molar-refractivity contribution is 0.0943. The van der Waals surface area contributed by atoms with E-state index in [2.05, 4.69) is 39.4 Å². The Kier molecular flexibility index (Phi) is 6.05. The maximum absolute atomic E-state index is 12.6. The lowest BCUT2D eigenvalue weighted by Gasteiger charge is -2.24. The zero-order valence-corrected chi connectivity index (χ0v) is 16.8. The lowest BCUT2D eigenvalue weighted by atomic mass is 10.1. The average molecular weight is 393 g/mol. The number of amides is 1. The average Bonchev–Trinajstić information content (AvgIpc) is 3.08. The third kappa shape index (κ3) is 4.56. The number of ether oxygens (including phenoxy) is 1. The highest BCUT2D eigenvalue weighted by Crippen LogP contribution is 2.26. The normalized spacial score (nSPS) is 16.8. The van der Waals surface area contributed by atoms with Gasteiger partial charge in [0.1, 0.15) is 17.4 Å². The van der Waals surface area contributed by atoms with Gasteiger partial charge in [0.05, 0.1) is 6.20 Å². The SMILES string of the molecule is CCCC[C@H]1CN(CCNC(=O)c2cnn3cccnc23)Cc2ccccc2O1. The summed E-state index contributed by atoms with van der Waals surface area (Å²) >= 11 is 0. The van der Waals surface area contributed by atoms with Crippen LogP contribution in [0.1, 0.15) is 42.1 Å². The summed E-state index contributed by atoms with van der Waals surface area (Å²) in [4.78, 5) is 19.2. The zero-order valence-electron chi connectivity index (χ0n) is 16.8. The molecule has 0 saturated carbocycles. The number of benzene rings is 1. The second-order valence-corrected chi connectivity index (χ2v) is 7.43. The molecular weight excluding hydrogens is 366 g/mol. The van der Waals surface area contributed by atoms with Gasteiger partial charge < -0.3 is 10.1 Å². The van der Waals surface area contributed by atoms with Crippen LogP contribution in [0.5, 0.6) is 5.75 Å². The molecule has 0 bridgehead atoms. The van der Waals surface area contributed by atoms with E-state index in [1.807, 2.05) is 12.1 Å². The molecule has 0 spiro atoms. The second-order valence-electron chi connectivity index (χ2n) is 7.43. The first kappa shape index (κ1) is 19.4. The van der Waals surface area contributed by atoms with Crippen molar-refractivity contribution < 1.29 is 9.53 Å². The van der Waals surface area contributed by atoms with Gasteiger partial charge in [0, 0.05) is 44.1 Å². The monoisotopic (exact) mass is 393 g/mol. The van der Waals surface area contributed by atoms with Crippen LogP contribution in [0.4, 0.5) is 0 Å². The number of hydrogen-bond donors (Lipinski definition) is 1. The van der Waals surface area contributed by atoms with Crippen LogP contribution in [-0.2, 0) is 6.54 Å². The van der Waals surface area contributed by atoms with E-state index >= 15 is 0 Å². The number of para-hydroxylation sites is 1. The van der Waals surface area contributed by atoms with Crippen molar-refractivity contribution in [3.63, 3.8) is 0 Å². The minimum atomic E-state index is -0.146. The van der Waals surface area contributed by atoms with Gasteiger partial charge in [-0.05, 0) is 25.0 Å². The van der Waals surface area contributed by atoms with Crippen LogP contribution < -0.4 is 10.1 Å². The smallest absolute Gasteiger partial charge is 0.256 e. The summed E-state index contributed by atoms with van der Waals surface area (Å²) < 4.78 is 7.88. The topological polar surface area (TPSA) is 71.8 Å². The first-order chi connectivity index (χ1) is 14.2. The van der Waals surface area contributed by atoms with Crippen molar-refractivity contribution in [2.45, 2.75) is 38.8 Å². The number of fused-ring (bicyclic) bond motifs is 2. The van der Waals surface area contributed by atoms with Gasteiger partial charge in [0.25, 0.3) is 5.91 Å². The molecular formula is C22H27N5O2. The van der Waals surface area contributed by atoms with Gasteiger partial charge in [-0.2, -0.15) is 5.10 Å². The highest BCUT2D eigenvalue weighted by molar-refractivity contribution is 5.99. The number of nitrogens with zero attached hydrogens (tertiary/aromatic N) is 4. The van der Waals surface area contributed by atoms with Gasteiger partial charge >= 0.3 is 0 Å². The number of hydrogen-bond acceptors (Lipinski definition) is 5. The Bertz CT molecular complexity index is 971. The molecule has 7 heteroatoms. The van der Waals surface area contributed by atoms with E-state index in [0.29, 0.717) is 17.8 Å². The van der Waals surface area contributed by atoms with Crippen LogP contribution in [0.2, 0.25) is 0 Å². The minimum Gasteiger partial charge on any atom is -0.489 e. The fraction of sp³-hybridized carbons (Fsp3) is 0.409. The van der Waals surface area contributed by atoms with E-state index in [-0.39, 0.29) is 12.0 Å². The number of nitrogens with one attached hydrogen (secondary N) is 1. The molecule has 3 aromatic rings. The van der Waals surface area contributed by atoms with Gasteiger partial charge in [-0.3, -0.25) is 9.69 Å². The molecule has 152 valence electrons. The quantitative estimate of drug-likeness (QED) is 0.668. The van der Waals surface area contributed by atoms with Crippen molar-refractivity contribution >= 4 is 11.6 Å². The molecule has 0 radical (unpaired) electrons. The molecule has 3 heterocycles. The van der Waals surface area contributed by atoms with Crippen LogP contribution in [0.3, 0.4) is 0 Å². The fourth-order valence-electron chi connectivity index (χ4n) is 3.72. The van der Waals surface area contributed by atoms with E-state index in [4.69, 9.17) is 4.74 Å². The first-order valence-electron chi connectivity index (χ1n) is 10.3. The summed E-state index contributed by atoms with van der Waals surface area (Å²) in [7, 11) is 0. The molecule has 7 nitrogen and oxygen atoms in total. The van der Waals surface area contributed by atoms with E-state index < -0.39 is 0 Å². The molecule has 1 N–H and O–H groups in total. The van der Waals surface area contributed by atoms with Crippen molar-refractivity contribution in [2.24, 2.45) is 0 Å². The Morgan fingerprint density at radius 1 is 1.31 bits per heavy atom. The summed E-state index contributed by atoms with van der Waals surface area (Å²) in [6.07, 6.45) is 8.54. The highest BCUT2D eigenvalue weighted by Gasteiger charge is 2.22. The number of aromatic nitrogens is 3. The van der Waals surface area contributed by atoms with E-state index in [9.17, 15) is 4.79 Å². The Hall–Kier alpha value is -2.93. The van der Waals surface area contributed by atoms with E-state index in [1.165, 1.54) is 5.56 Å². The zero-order chi connectivity index (χ0) is 20.1. The van der Waals surface area contributed by atoms with Gasteiger partial charge in [0.15, 0.2) is 5.65 Å². The maximum Gasteiger partial charge on any atom is 0.256 e. The van der Waals surface area contributed by atoms with Crippen molar-refractivity contribution in [3.8, 4) is 5.75 Å². The molecule has 1 aliphatic rings. The van der Waals surface area contributed by atoms with E-state index in [1.54, 1.807) is 29.2 Å². The van der Waals surface area contributed by atoms with Gasteiger partial charge in [-0.1, -0.05) is 31.5 Å². The number of carbonyl (C=O) groups excluding carboxylic acids is 1. The van der Waals surface area contributed by atoms with Crippen molar-refractivity contribution in [1.29, 1.82) is 0 Å². The standard InChI is InChI=1S/C22H27N5O2/c1-2-3-8-18-16-26(15-17-7-4-5-9-20(17)29-18)13-11-24-22(28)19-14-25-27-12-6-10-23-21(19)27/h4-7,9-10,12,14,18H,2-3,8,11,13,15-16H2,1H3,(H,24,28)/t18-/m0/s1. The van der Waals surface area contributed by atoms with Crippen LogP contribution in [0.15, 0.2) is 48.9 Å². The molecule has 1 aliphatic heterocycles. The molecule has 29 heavy (non-hydrogen) atoms. The molecule has 1 atom stereocenters. The number of carbonyl (C=O) groups is 1. The van der Waals surface area contributed by atoms with Gasteiger partial charge in [-0.25, -0.2) is 9.50 Å². The number of rotatable bonds is 7. The predicted octanol–water partition coefficient (Wildman–Crippen LogP) is 2.91. The Morgan fingerprint density at radius 2 is 2.21 bits per heavy atom. The summed E-state index contributed by atoms with van der Waals surface area (Å²) in [5.74, 6) is 0.838. The lowest BCUT2D eigenvalue weighted by Crippen LogP contribution is -2.38. The summed E-state index contributed by atoms with van der Waals surface area (Å²) in [5, 5.41) is 7.19. The predicted molar refractivity (Wildman–Crippen MR) is 111 cm³/mol. The van der Waals surface area contributed by atoms with Gasteiger partial charge in [0.2, 0.25) is 0 Å². The third-order valence-electron chi connectivity index (χ3n) is 5.24. The summed E-state index contributed by atoms with van der Waals surface area (Å²) in [6.45, 7) is 5.22. The Morgan fingerprint density at radius 3 is 3.10 bits per heavy atom. The summed E-state index contributed by atoms with van der Waals surface area (Å²) in [5.41, 5.74) is 2.27. The molecule has 4 rings (SSSR count). The van der Waals surface area contributed by atoms with Crippen LogP contribution in [0.25, 0.3) is 5.65 Å². The third-order valence-corrected chi connectivity index (χ3v) is 5.24. The Balaban J connectivity index is 1.38. The summed E-state index contributed by atoms with van der Waals surface area (Å²) in [6, 6.07) is 10.0. The second kappa shape index (κ2) is 9.05. The molecule has 1 aromatic carbocycles. The molecule has 1 amide bonds. The Labute approximate surface area is 170 Å².